The second kappa shape index (κ2) is 12.8. The summed E-state index contributed by atoms with van der Waals surface area (Å²) in [5.74, 6) is -1.03. The third-order valence-corrected chi connectivity index (χ3v) is 6.76. The van der Waals surface area contributed by atoms with E-state index in [-0.39, 0.29) is 16.4 Å². The van der Waals surface area contributed by atoms with Gasteiger partial charge in [0.05, 0.1) is 25.6 Å². The lowest BCUT2D eigenvalue weighted by molar-refractivity contribution is -0.195. The Kier molecular flexibility index (Phi) is 9.38. The molecular weight excluding hydrogens is 562 g/mol. The van der Waals surface area contributed by atoms with Crippen LogP contribution in [-0.4, -0.2) is 107 Å². The van der Waals surface area contributed by atoms with Gasteiger partial charge in [-0.25, -0.2) is 14.6 Å². The second-order valence-electron chi connectivity index (χ2n) is 9.38. The third-order valence-electron chi connectivity index (χ3n) is 6.59. The van der Waals surface area contributed by atoms with Crippen LogP contribution in [0.25, 0.3) is 11.2 Å². The monoisotopic (exact) mass is 589 g/mol. The maximum atomic E-state index is 12.1. The topological polar surface area (TPSA) is 201 Å². The summed E-state index contributed by atoms with van der Waals surface area (Å²) in [4.78, 5) is 38.8. The fourth-order valence-corrected chi connectivity index (χ4v) is 4.62. The summed E-state index contributed by atoms with van der Waals surface area (Å²) >= 11 is 6.18. The molecule has 0 radical (unpaired) electrons. The number of terminal acetylenes is 1. The van der Waals surface area contributed by atoms with Crippen LogP contribution in [0.2, 0.25) is 5.28 Å². The lowest BCUT2D eigenvalue weighted by Crippen LogP contribution is -2.52. The van der Waals surface area contributed by atoms with E-state index in [1.165, 1.54) is 10.9 Å². The molecule has 0 saturated carbocycles. The summed E-state index contributed by atoms with van der Waals surface area (Å²) in [6.45, 7) is -0.669. The molecule has 0 amide bonds. The fourth-order valence-electron chi connectivity index (χ4n) is 4.46. The molecule has 0 spiro atoms. The fraction of sp³-hybridized carbons (Fsp3) is 0.423. The van der Waals surface area contributed by atoms with Crippen LogP contribution in [0.3, 0.4) is 0 Å². The summed E-state index contributed by atoms with van der Waals surface area (Å²) < 4.78 is 12.5. The average Bonchev–Trinajstić information content (AvgIpc) is 3.58. The van der Waals surface area contributed by atoms with Crippen molar-refractivity contribution in [3.05, 3.63) is 47.5 Å². The molecule has 15 heteroatoms. The Balaban J connectivity index is 1.62. The van der Waals surface area contributed by atoms with Gasteiger partial charge in [0.15, 0.2) is 29.3 Å². The Morgan fingerprint density at radius 2 is 1.93 bits per heavy atom. The zero-order chi connectivity index (χ0) is 29.7. The number of β-amino-alcohol motifs (C(OH)–C–C–N with tert-alkyl or cyclic N) is 1. The van der Waals surface area contributed by atoms with Gasteiger partial charge in [0.1, 0.15) is 6.10 Å². The van der Waals surface area contributed by atoms with Gasteiger partial charge in [-0.05, 0) is 23.6 Å². The van der Waals surface area contributed by atoms with Crippen LogP contribution in [-0.2, 0) is 25.5 Å². The van der Waals surface area contributed by atoms with Crippen molar-refractivity contribution in [3.63, 3.8) is 0 Å². The van der Waals surface area contributed by atoms with Gasteiger partial charge in [-0.15, -0.1) is 6.42 Å². The molecule has 218 valence electrons. The molecule has 4 rings (SSSR count). The van der Waals surface area contributed by atoms with Gasteiger partial charge in [0, 0.05) is 19.5 Å². The predicted molar refractivity (Wildman–Crippen MR) is 143 cm³/mol. The number of carboxylic acid groups (broad SMARTS) is 2. The molecular formula is C26H28ClN5O9. The van der Waals surface area contributed by atoms with Crippen molar-refractivity contribution in [3.8, 4) is 12.3 Å². The predicted octanol–water partition coefficient (Wildman–Crippen LogP) is 0.0882. The van der Waals surface area contributed by atoms with E-state index >= 15 is 0 Å². The van der Waals surface area contributed by atoms with Gasteiger partial charge in [-0.3, -0.25) is 4.57 Å². The molecule has 0 aliphatic carbocycles. The molecule has 1 aliphatic rings. The SMILES string of the molecule is C#C[C@@H](O)[C@@H](O[C@@H](CO)COC(Cc1ccccc1)(C(=O)O)C(=O)O)n1cnc2c(N3CC[C@@H](O)C3)nc(Cl)nc21. The van der Waals surface area contributed by atoms with Gasteiger partial charge in [0.25, 0.3) is 5.60 Å². The Morgan fingerprint density at radius 1 is 1.22 bits per heavy atom. The Labute approximate surface area is 238 Å². The zero-order valence-corrected chi connectivity index (χ0v) is 22.3. The van der Waals surface area contributed by atoms with Gasteiger partial charge in [-0.1, -0.05) is 36.3 Å². The summed E-state index contributed by atoms with van der Waals surface area (Å²) in [5.41, 5.74) is -1.91. The summed E-state index contributed by atoms with van der Waals surface area (Å²) in [6.07, 6.45) is 1.77. The van der Waals surface area contributed by atoms with E-state index in [4.69, 9.17) is 27.5 Å². The first-order chi connectivity index (χ1) is 19.6. The van der Waals surface area contributed by atoms with Crippen LogP contribution < -0.4 is 4.90 Å². The van der Waals surface area contributed by atoms with Gasteiger partial charge >= 0.3 is 11.9 Å². The molecule has 1 fully saturated rings. The lowest BCUT2D eigenvalue weighted by Gasteiger charge is -2.30. The molecule has 0 unspecified atom stereocenters. The standard InChI is InChI=1S/C26H28ClN5O9/c1-2-18(35)22(32-14-28-19-20(29-25(27)30-21(19)32)31-9-8-16(34)11-31)41-17(12-33)13-40-26(23(36)37,24(38)39)10-15-6-4-3-5-7-15/h1,3-7,14,16-18,22,33-35H,8-13H2,(H,36,37)(H,38,39)/t16-,17+,18-,22-/m1/s1. The highest BCUT2D eigenvalue weighted by atomic mass is 35.5. The minimum Gasteiger partial charge on any atom is -0.479 e. The molecule has 41 heavy (non-hydrogen) atoms. The second-order valence-corrected chi connectivity index (χ2v) is 9.72. The molecule has 2 aromatic heterocycles. The molecule has 1 aliphatic heterocycles. The first-order valence-corrected chi connectivity index (χ1v) is 12.9. The number of aliphatic hydroxyl groups excluding tert-OH is 3. The van der Waals surface area contributed by atoms with E-state index in [0.29, 0.717) is 30.9 Å². The lowest BCUT2D eigenvalue weighted by atomic mass is 9.94. The average molecular weight is 590 g/mol. The number of aromatic nitrogens is 4. The van der Waals surface area contributed by atoms with Crippen LogP contribution in [0.15, 0.2) is 36.7 Å². The number of benzene rings is 1. The Morgan fingerprint density at radius 3 is 2.51 bits per heavy atom. The summed E-state index contributed by atoms with van der Waals surface area (Å²) in [5, 5.41) is 50.2. The summed E-state index contributed by atoms with van der Waals surface area (Å²) in [6, 6.07) is 8.04. The number of nitrogens with zero attached hydrogens (tertiary/aromatic N) is 5. The number of fused-ring (bicyclic) bond motifs is 1. The smallest absolute Gasteiger partial charge is 0.348 e. The molecule has 0 bridgehead atoms. The molecule has 1 aromatic carbocycles. The minimum atomic E-state index is -2.70. The number of ether oxygens (including phenoxy) is 2. The van der Waals surface area contributed by atoms with Crippen LogP contribution >= 0.6 is 11.6 Å². The number of anilines is 1. The number of aliphatic carboxylic acids is 2. The largest absolute Gasteiger partial charge is 0.479 e. The van der Waals surface area contributed by atoms with Crippen LogP contribution in [0.5, 0.6) is 0 Å². The number of rotatable bonds is 13. The van der Waals surface area contributed by atoms with E-state index in [1.54, 1.807) is 35.2 Å². The Bertz CT molecular complexity index is 1420. The van der Waals surface area contributed by atoms with Crippen molar-refractivity contribution < 1.29 is 44.6 Å². The molecule has 4 atom stereocenters. The summed E-state index contributed by atoms with van der Waals surface area (Å²) in [7, 11) is 0. The van der Waals surface area contributed by atoms with E-state index < -0.39 is 61.7 Å². The number of hydrogen-bond donors (Lipinski definition) is 5. The highest BCUT2D eigenvalue weighted by molar-refractivity contribution is 6.28. The number of hydrogen-bond acceptors (Lipinski definition) is 11. The van der Waals surface area contributed by atoms with Crippen LogP contribution in [0.4, 0.5) is 5.82 Å². The maximum Gasteiger partial charge on any atom is 0.348 e. The van der Waals surface area contributed by atoms with Crippen molar-refractivity contribution >= 4 is 40.5 Å². The van der Waals surface area contributed by atoms with Crippen molar-refractivity contribution in [1.29, 1.82) is 0 Å². The van der Waals surface area contributed by atoms with Crippen LogP contribution in [0.1, 0.15) is 18.2 Å². The molecule has 3 heterocycles. The normalized spacial score (nSPS) is 17.7. The van der Waals surface area contributed by atoms with E-state index in [9.17, 15) is 35.1 Å². The van der Waals surface area contributed by atoms with Crippen molar-refractivity contribution in [2.75, 3.05) is 31.2 Å². The number of carboxylic acids is 2. The minimum absolute atomic E-state index is 0.118. The number of aliphatic hydroxyl groups is 3. The highest BCUT2D eigenvalue weighted by Crippen LogP contribution is 2.30. The third kappa shape index (κ3) is 6.41. The van der Waals surface area contributed by atoms with E-state index in [1.807, 2.05) is 0 Å². The van der Waals surface area contributed by atoms with Gasteiger partial charge < -0.3 is 39.9 Å². The molecule has 3 aromatic rings. The van der Waals surface area contributed by atoms with E-state index in [2.05, 4.69) is 20.9 Å². The van der Waals surface area contributed by atoms with Gasteiger partial charge in [0.2, 0.25) is 5.28 Å². The first-order valence-electron chi connectivity index (χ1n) is 12.5. The molecule has 1 saturated heterocycles. The first kappa shape index (κ1) is 30.1. The van der Waals surface area contributed by atoms with Crippen LogP contribution in [0, 0.1) is 12.3 Å². The van der Waals surface area contributed by atoms with E-state index in [0.717, 1.165) is 0 Å². The highest BCUT2D eigenvalue weighted by Gasteiger charge is 2.49. The van der Waals surface area contributed by atoms with Crippen molar-refractivity contribution in [1.82, 2.24) is 19.5 Å². The Hall–Kier alpha value is -3.84. The quantitative estimate of drug-likeness (QED) is 0.102. The zero-order valence-electron chi connectivity index (χ0n) is 21.6. The number of halogens is 1. The van der Waals surface area contributed by atoms with Crippen molar-refractivity contribution in [2.24, 2.45) is 0 Å². The van der Waals surface area contributed by atoms with Crippen molar-refractivity contribution in [2.45, 2.75) is 43.0 Å². The van der Waals surface area contributed by atoms with Gasteiger partial charge in [-0.2, -0.15) is 9.97 Å². The number of imidazole rings is 1. The maximum absolute atomic E-state index is 12.1. The number of carbonyl (C=O) groups is 2. The molecule has 14 nitrogen and oxygen atoms in total. The molecule has 5 N–H and O–H groups in total.